The summed E-state index contributed by atoms with van der Waals surface area (Å²) in [5, 5.41) is 25.9. The van der Waals surface area contributed by atoms with Crippen molar-refractivity contribution >= 4 is 108 Å². The molecule has 0 bridgehead atoms. The second-order valence-electron chi connectivity index (χ2n) is 24.4. The van der Waals surface area contributed by atoms with Crippen molar-refractivity contribution in [2.24, 2.45) is 0 Å². The number of benzene rings is 17. The molecule has 88 heavy (non-hydrogen) atoms. The molecular weight excluding hydrogens is 1060 g/mol. The third kappa shape index (κ3) is 8.35. The van der Waals surface area contributed by atoms with Crippen LogP contribution in [0.15, 0.2) is 291 Å². The summed E-state index contributed by atoms with van der Waals surface area (Å²) >= 11 is 0. The first-order valence-corrected chi connectivity index (χ1v) is 31.3. The van der Waals surface area contributed by atoms with Crippen LogP contribution in [-0.2, 0) is 25.7 Å². The Morgan fingerprint density at radius 2 is 0.455 bits per heavy atom. The number of rotatable bonds is 10. The van der Waals surface area contributed by atoms with E-state index < -0.39 is 0 Å². The fourth-order valence-corrected chi connectivity index (χ4v) is 15.6. The van der Waals surface area contributed by atoms with Crippen molar-refractivity contribution in [1.29, 1.82) is 0 Å². The van der Waals surface area contributed by atoms with Crippen molar-refractivity contribution in [1.82, 2.24) is 0 Å². The van der Waals surface area contributed by atoms with Gasteiger partial charge >= 0.3 is 0 Å². The molecule has 0 aliphatic rings. The van der Waals surface area contributed by atoms with Crippen molar-refractivity contribution in [3.63, 3.8) is 0 Å². The predicted octanol–water partition coefficient (Wildman–Crippen LogP) is 24.1. The second-order valence-corrected chi connectivity index (χ2v) is 24.4. The van der Waals surface area contributed by atoms with Crippen LogP contribution in [0.1, 0.15) is 33.4 Å². The third-order valence-electron chi connectivity index (χ3n) is 19.5. The van der Waals surface area contributed by atoms with Crippen LogP contribution in [-0.4, -0.2) is 0 Å². The Hall–Kier alpha value is -10.7. The summed E-state index contributed by atoms with van der Waals surface area (Å²) in [4.78, 5) is 0. The van der Waals surface area contributed by atoms with Crippen molar-refractivity contribution in [3.05, 3.63) is 325 Å². The molecule has 0 saturated carbocycles. The van der Waals surface area contributed by atoms with Gasteiger partial charge in [0.2, 0.25) is 0 Å². The third-order valence-corrected chi connectivity index (χ3v) is 19.5. The Morgan fingerprint density at radius 1 is 0.182 bits per heavy atom. The van der Waals surface area contributed by atoms with Crippen LogP contribution in [0, 0.1) is 13.8 Å². The molecule has 0 amide bonds. The van der Waals surface area contributed by atoms with Gasteiger partial charge in [0, 0.05) is 0 Å². The molecule has 414 valence electrons. The van der Waals surface area contributed by atoms with Gasteiger partial charge in [-0.15, -0.1) is 0 Å². The quantitative estimate of drug-likeness (QED) is 0.0946. The Labute approximate surface area is 513 Å². The molecule has 0 atom stereocenters. The lowest BCUT2D eigenvalue weighted by Crippen LogP contribution is -2.04. The minimum absolute atomic E-state index is 0.911. The molecule has 0 fully saturated rings. The van der Waals surface area contributed by atoms with Crippen LogP contribution < -0.4 is 0 Å². The minimum atomic E-state index is 0.911. The van der Waals surface area contributed by atoms with E-state index in [1.807, 2.05) is 0 Å². The first kappa shape index (κ1) is 51.7. The zero-order valence-electron chi connectivity index (χ0n) is 49.5. The highest BCUT2D eigenvalue weighted by molar-refractivity contribution is 6.27. The van der Waals surface area contributed by atoms with Crippen LogP contribution >= 0.6 is 0 Å². The van der Waals surface area contributed by atoms with Crippen LogP contribution in [0.5, 0.6) is 0 Å². The molecule has 17 aromatic carbocycles. The molecule has 0 aliphatic heterocycles. The largest absolute Gasteiger partial charge is 0.0616 e. The summed E-state index contributed by atoms with van der Waals surface area (Å²) in [6.45, 7) is 4.52. The van der Waals surface area contributed by atoms with Crippen molar-refractivity contribution < 1.29 is 0 Å². The molecule has 0 nitrogen and oxygen atoms in total. The van der Waals surface area contributed by atoms with Gasteiger partial charge in [-0.05, 0) is 214 Å². The van der Waals surface area contributed by atoms with Crippen LogP contribution in [0.25, 0.3) is 152 Å². The maximum absolute atomic E-state index is 2.47. The molecular formula is C88H62. The first-order valence-electron chi connectivity index (χ1n) is 31.3. The SMILES string of the molecule is Cc1ccc2c(c1)c(CCc1ccc(-c3c4ccccc4c(-c4cccc5ccccc45)c4ccccc34)c3ccccc13)c(CCc1ccc(-c3c4ccccc4c(-c4cccc5ccccc45)c4ccccc34)c3ccccc13)c1cc(C)ccc12. The van der Waals surface area contributed by atoms with E-state index in [4.69, 9.17) is 0 Å². The average Bonchev–Trinajstić information content (AvgIpc) is 1.01. The second kappa shape index (κ2) is 21.1. The van der Waals surface area contributed by atoms with Crippen LogP contribution in [0.4, 0.5) is 0 Å². The van der Waals surface area contributed by atoms with E-state index in [1.165, 1.54) is 186 Å². The maximum atomic E-state index is 2.47. The first-order chi connectivity index (χ1) is 43.5. The van der Waals surface area contributed by atoms with Crippen molar-refractivity contribution in [2.45, 2.75) is 39.5 Å². The van der Waals surface area contributed by atoms with Gasteiger partial charge in [0.15, 0.2) is 0 Å². The van der Waals surface area contributed by atoms with E-state index in [1.54, 1.807) is 0 Å². The molecule has 0 radical (unpaired) electrons. The molecule has 0 spiro atoms. The summed E-state index contributed by atoms with van der Waals surface area (Å²) in [7, 11) is 0. The van der Waals surface area contributed by atoms with E-state index in [2.05, 4.69) is 305 Å². The van der Waals surface area contributed by atoms with Gasteiger partial charge in [0.05, 0.1) is 0 Å². The van der Waals surface area contributed by atoms with E-state index >= 15 is 0 Å². The molecule has 0 heterocycles. The molecule has 0 N–H and O–H groups in total. The zero-order valence-corrected chi connectivity index (χ0v) is 49.5. The van der Waals surface area contributed by atoms with Gasteiger partial charge in [0.25, 0.3) is 0 Å². The van der Waals surface area contributed by atoms with Gasteiger partial charge < -0.3 is 0 Å². The smallest absolute Gasteiger partial charge is 0.00201 e. The van der Waals surface area contributed by atoms with E-state index in [9.17, 15) is 0 Å². The molecule has 0 aromatic heterocycles. The average molecular weight is 1120 g/mol. The monoisotopic (exact) mass is 1120 g/mol. The summed E-state index contributed by atoms with van der Waals surface area (Å²) < 4.78 is 0. The molecule has 0 heteroatoms. The maximum Gasteiger partial charge on any atom is -0.00201 e. The Morgan fingerprint density at radius 3 is 0.795 bits per heavy atom. The fourth-order valence-electron chi connectivity index (χ4n) is 15.6. The number of hydrogen-bond acceptors (Lipinski definition) is 0. The Kier molecular flexibility index (Phi) is 12.4. The lowest BCUT2D eigenvalue weighted by molar-refractivity contribution is 0.916. The highest BCUT2D eigenvalue weighted by atomic mass is 14.3. The Balaban J connectivity index is 0.783. The van der Waals surface area contributed by atoms with E-state index in [0.29, 0.717) is 0 Å². The van der Waals surface area contributed by atoms with E-state index in [-0.39, 0.29) is 0 Å². The van der Waals surface area contributed by atoms with Gasteiger partial charge in [-0.3, -0.25) is 0 Å². The molecule has 0 saturated heterocycles. The summed E-state index contributed by atoms with van der Waals surface area (Å²) in [6.07, 6.45) is 3.66. The minimum Gasteiger partial charge on any atom is -0.0616 e. The highest BCUT2D eigenvalue weighted by Crippen LogP contribution is 2.50. The molecule has 0 unspecified atom stereocenters. The van der Waals surface area contributed by atoms with Crippen LogP contribution in [0.2, 0.25) is 0 Å². The molecule has 17 aromatic rings. The normalized spacial score (nSPS) is 11.9. The van der Waals surface area contributed by atoms with Gasteiger partial charge in [-0.1, -0.05) is 302 Å². The molecule has 0 aliphatic carbocycles. The Bertz CT molecular complexity index is 5240. The van der Waals surface area contributed by atoms with Crippen molar-refractivity contribution in [3.8, 4) is 44.5 Å². The van der Waals surface area contributed by atoms with Crippen molar-refractivity contribution in [2.75, 3.05) is 0 Å². The summed E-state index contributed by atoms with van der Waals surface area (Å²) in [5.74, 6) is 0. The fraction of sp³-hybridized carbons (Fsp3) is 0.0682. The number of fused-ring (bicyclic) bond motifs is 11. The topological polar surface area (TPSA) is 0 Å². The lowest BCUT2D eigenvalue weighted by atomic mass is 9.82. The predicted molar refractivity (Wildman–Crippen MR) is 380 cm³/mol. The van der Waals surface area contributed by atoms with Gasteiger partial charge in [0.1, 0.15) is 0 Å². The summed E-state index contributed by atoms with van der Waals surface area (Å²) in [5.41, 5.74) is 18.5. The van der Waals surface area contributed by atoms with Gasteiger partial charge in [-0.2, -0.15) is 0 Å². The zero-order chi connectivity index (χ0) is 58.4. The van der Waals surface area contributed by atoms with Crippen LogP contribution in [0.3, 0.4) is 0 Å². The highest BCUT2D eigenvalue weighted by Gasteiger charge is 2.24. The lowest BCUT2D eigenvalue weighted by Gasteiger charge is -2.21. The number of hydrogen-bond donors (Lipinski definition) is 0. The van der Waals surface area contributed by atoms with E-state index in [0.717, 1.165) is 25.7 Å². The van der Waals surface area contributed by atoms with Gasteiger partial charge in [-0.25, -0.2) is 0 Å². The summed E-state index contributed by atoms with van der Waals surface area (Å²) in [6, 6.07) is 110. The standard InChI is InChI=1S/C88H62/c1-55-41-47-67-68-48-42-56(2)54-84(68)70(50-44-60-46-52-82(66-30-10-8-26-62(60)66)88-79-37-17-13-33-75(79)86(76-34-14-18-38-80(76)88)72-40-20-24-58-22-4-6-28-64(58)72)69(83(67)53-55)49-43-59-45-51-81(65-29-9-7-25-61(59)65)87-77-35-15-11-31-73(77)85(74-32-12-16-36-78(74)87)71-39-19-23-57-21-3-5-27-63(57)71/h3-42,45-48,51-54H,43-44,49-50H2,1-2H3. The molecule has 17 rings (SSSR count). The number of aryl methyl sites for hydroxylation is 6.